The summed E-state index contributed by atoms with van der Waals surface area (Å²) in [5.74, 6) is 0.592. The fourth-order valence-corrected chi connectivity index (χ4v) is 3.30. The van der Waals surface area contributed by atoms with E-state index in [1.165, 1.54) is 5.56 Å². The first kappa shape index (κ1) is 17.1. The van der Waals surface area contributed by atoms with Crippen molar-refractivity contribution in [3.05, 3.63) is 48.0 Å². The topological polar surface area (TPSA) is 50.8 Å². The predicted molar refractivity (Wildman–Crippen MR) is 101 cm³/mol. The number of hydrogen-bond donors (Lipinski definition) is 1. The first-order valence-corrected chi connectivity index (χ1v) is 9.05. The van der Waals surface area contributed by atoms with Gasteiger partial charge in [0.25, 0.3) is 5.91 Å². The van der Waals surface area contributed by atoms with Gasteiger partial charge in [-0.15, -0.1) is 0 Å². The largest absolute Gasteiger partial charge is 0.476 e. The summed E-state index contributed by atoms with van der Waals surface area (Å²) in [4.78, 5) is 14.4. The van der Waals surface area contributed by atoms with E-state index in [1.807, 2.05) is 18.2 Å². The molecule has 1 amide bonds. The van der Waals surface area contributed by atoms with E-state index in [0.29, 0.717) is 5.75 Å². The predicted octanol–water partition coefficient (Wildman–Crippen LogP) is 3.30. The zero-order valence-electron chi connectivity index (χ0n) is 15.2. The highest BCUT2D eigenvalue weighted by Crippen LogP contribution is 2.36. The zero-order valence-corrected chi connectivity index (χ0v) is 15.2. The molecule has 1 saturated heterocycles. The number of ether oxygens (including phenoxy) is 2. The Balaban J connectivity index is 1.52. The van der Waals surface area contributed by atoms with Gasteiger partial charge < -0.3 is 14.8 Å². The molecule has 0 saturated carbocycles. The molecule has 0 atom stereocenters. The molecule has 5 nitrogen and oxygen atoms in total. The van der Waals surface area contributed by atoms with Crippen LogP contribution in [0.5, 0.6) is 5.75 Å². The Hall–Kier alpha value is -2.37. The van der Waals surface area contributed by atoms with E-state index < -0.39 is 5.60 Å². The fourth-order valence-electron chi connectivity index (χ4n) is 3.30. The number of nitrogens with zero attached hydrogens (tertiary/aromatic N) is 1. The molecule has 2 aromatic carbocycles. The summed E-state index contributed by atoms with van der Waals surface area (Å²) in [7, 11) is 0. The van der Waals surface area contributed by atoms with Crippen molar-refractivity contribution in [2.24, 2.45) is 0 Å². The normalized spacial score (nSPS) is 19.4. The molecule has 5 heteroatoms. The second kappa shape index (κ2) is 6.74. The number of hydrogen-bond acceptors (Lipinski definition) is 4. The van der Waals surface area contributed by atoms with E-state index in [1.54, 1.807) is 13.8 Å². The van der Waals surface area contributed by atoms with Crippen molar-refractivity contribution in [3.63, 3.8) is 0 Å². The van der Waals surface area contributed by atoms with E-state index in [4.69, 9.17) is 9.47 Å². The number of benzene rings is 2. The number of amides is 1. The summed E-state index contributed by atoms with van der Waals surface area (Å²) >= 11 is 0. The molecule has 2 aromatic rings. The van der Waals surface area contributed by atoms with Crippen LogP contribution >= 0.6 is 0 Å². The van der Waals surface area contributed by atoms with E-state index in [9.17, 15) is 4.79 Å². The maximum atomic E-state index is 12.0. The molecule has 4 rings (SSSR count). The smallest absolute Gasteiger partial charge is 0.268 e. The molecular weight excluding hydrogens is 328 g/mol. The second-order valence-electron chi connectivity index (χ2n) is 7.36. The Morgan fingerprint density at radius 3 is 2.46 bits per heavy atom. The van der Waals surface area contributed by atoms with Gasteiger partial charge in [0.15, 0.2) is 5.60 Å². The molecule has 2 aliphatic rings. The third kappa shape index (κ3) is 3.45. The lowest BCUT2D eigenvalue weighted by atomic mass is 10.0. The monoisotopic (exact) mass is 352 g/mol. The Kier molecular flexibility index (Phi) is 4.42. The van der Waals surface area contributed by atoms with Crippen LogP contribution in [0.3, 0.4) is 0 Å². The van der Waals surface area contributed by atoms with Gasteiger partial charge in [0, 0.05) is 19.6 Å². The van der Waals surface area contributed by atoms with Gasteiger partial charge in [0.2, 0.25) is 0 Å². The van der Waals surface area contributed by atoms with Crippen molar-refractivity contribution >= 4 is 11.6 Å². The van der Waals surface area contributed by atoms with Gasteiger partial charge in [0.05, 0.1) is 18.9 Å². The Labute approximate surface area is 153 Å². The third-order valence-corrected chi connectivity index (χ3v) is 4.94. The van der Waals surface area contributed by atoms with E-state index in [2.05, 4.69) is 34.5 Å². The molecule has 0 unspecified atom stereocenters. The van der Waals surface area contributed by atoms with Crippen LogP contribution < -0.4 is 10.1 Å². The lowest BCUT2D eigenvalue weighted by Crippen LogP contribution is -2.45. The molecule has 0 bridgehead atoms. The van der Waals surface area contributed by atoms with E-state index >= 15 is 0 Å². The van der Waals surface area contributed by atoms with Gasteiger partial charge in [0.1, 0.15) is 5.75 Å². The van der Waals surface area contributed by atoms with Gasteiger partial charge in [-0.2, -0.15) is 0 Å². The van der Waals surface area contributed by atoms with Crippen LogP contribution in [-0.2, 0) is 16.1 Å². The van der Waals surface area contributed by atoms with Gasteiger partial charge >= 0.3 is 0 Å². The van der Waals surface area contributed by atoms with Crippen molar-refractivity contribution in [1.29, 1.82) is 0 Å². The average molecular weight is 352 g/mol. The number of nitrogens with one attached hydrogen (secondary N) is 1. The summed E-state index contributed by atoms with van der Waals surface area (Å²) < 4.78 is 11.3. The molecule has 26 heavy (non-hydrogen) atoms. The first-order chi connectivity index (χ1) is 12.5. The maximum Gasteiger partial charge on any atom is 0.268 e. The van der Waals surface area contributed by atoms with Crippen molar-refractivity contribution in [3.8, 4) is 16.9 Å². The number of fused-ring (bicyclic) bond motifs is 1. The standard InChI is InChI=1S/C21H24N2O3/c1-21(2)20(24)22-18-8-7-17(13-19(18)26-21)16-5-3-15(4-6-16)14-23-9-11-25-12-10-23/h3-8,13H,9-12,14H2,1-2H3,(H,22,24). The molecule has 0 aromatic heterocycles. The highest BCUT2D eigenvalue weighted by Gasteiger charge is 2.35. The Bertz CT molecular complexity index is 809. The third-order valence-electron chi connectivity index (χ3n) is 4.94. The minimum atomic E-state index is -0.854. The average Bonchev–Trinajstić information content (AvgIpc) is 2.64. The summed E-state index contributed by atoms with van der Waals surface area (Å²) in [6.07, 6.45) is 0. The quantitative estimate of drug-likeness (QED) is 0.921. The molecular formula is C21H24N2O3. The van der Waals surface area contributed by atoms with Gasteiger partial charge in [-0.3, -0.25) is 9.69 Å². The Morgan fingerprint density at radius 1 is 1.04 bits per heavy atom. The van der Waals surface area contributed by atoms with E-state index in [-0.39, 0.29) is 5.91 Å². The Morgan fingerprint density at radius 2 is 1.73 bits per heavy atom. The van der Waals surface area contributed by atoms with Crippen molar-refractivity contribution in [1.82, 2.24) is 4.90 Å². The number of carbonyl (C=O) groups is 1. The minimum Gasteiger partial charge on any atom is -0.476 e. The summed E-state index contributed by atoms with van der Waals surface area (Å²) in [5, 5.41) is 2.90. The molecule has 136 valence electrons. The van der Waals surface area contributed by atoms with Gasteiger partial charge in [-0.1, -0.05) is 30.3 Å². The van der Waals surface area contributed by atoms with Crippen LogP contribution in [0, 0.1) is 0 Å². The van der Waals surface area contributed by atoms with Gasteiger partial charge in [-0.25, -0.2) is 0 Å². The number of anilines is 1. The molecule has 2 aliphatic heterocycles. The summed E-state index contributed by atoms with van der Waals surface area (Å²) in [6, 6.07) is 14.5. The van der Waals surface area contributed by atoms with Crippen LogP contribution in [0.1, 0.15) is 19.4 Å². The molecule has 1 N–H and O–H groups in total. The first-order valence-electron chi connectivity index (χ1n) is 9.05. The molecule has 0 spiro atoms. The number of rotatable bonds is 3. The minimum absolute atomic E-state index is 0.120. The molecule has 0 aliphatic carbocycles. The summed E-state index contributed by atoms with van der Waals surface area (Å²) in [6.45, 7) is 8.13. The SMILES string of the molecule is CC1(C)Oc2cc(-c3ccc(CN4CCOCC4)cc3)ccc2NC1=O. The second-order valence-corrected chi connectivity index (χ2v) is 7.36. The number of morpholine rings is 1. The van der Waals surface area contributed by atoms with Crippen molar-refractivity contribution in [2.75, 3.05) is 31.6 Å². The fraction of sp³-hybridized carbons (Fsp3) is 0.381. The lowest BCUT2D eigenvalue weighted by Gasteiger charge is -2.31. The van der Waals surface area contributed by atoms with Crippen LogP contribution in [0.25, 0.3) is 11.1 Å². The van der Waals surface area contributed by atoms with Crippen LogP contribution in [0.4, 0.5) is 5.69 Å². The van der Waals surface area contributed by atoms with Crippen LogP contribution in [0.15, 0.2) is 42.5 Å². The molecule has 0 radical (unpaired) electrons. The van der Waals surface area contributed by atoms with Crippen molar-refractivity contribution < 1.29 is 14.3 Å². The summed E-state index contributed by atoms with van der Waals surface area (Å²) in [5.41, 5.74) is 3.39. The lowest BCUT2D eigenvalue weighted by molar-refractivity contribution is -0.129. The molecule has 1 fully saturated rings. The van der Waals surface area contributed by atoms with Crippen molar-refractivity contribution in [2.45, 2.75) is 26.0 Å². The van der Waals surface area contributed by atoms with Crippen LogP contribution in [-0.4, -0.2) is 42.7 Å². The zero-order chi connectivity index (χ0) is 18.1. The molecule has 2 heterocycles. The number of carbonyl (C=O) groups excluding carboxylic acids is 1. The van der Waals surface area contributed by atoms with Crippen LogP contribution in [0.2, 0.25) is 0 Å². The maximum absolute atomic E-state index is 12.0. The van der Waals surface area contributed by atoms with Gasteiger partial charge in [-0.05, 0) is 42.7 Å². The highest BCUT2D eigenvalue weighted by molar-refractivity contribution is 6.00. The highest BCUT2D eigenvalue weighted by atomic mass is 16.5. The van der Waals surface area contributed by atoms with E-state index in [0.717, 1.165) is 49.7 Å².